The molecular weight excluding hydrogens is 367 g/mol. The molecule has 0 aliphatic carbocycles. The minimum Gasteiger partial charge on any atom is -0.370 e. The lowest BCUT2D eigenvalue weighted by Crippen LogP contribution is -2.33. The molecule has 3 heterocycles. The monoisotopic (exact) mass is 392 g/mol. The van der Waals surface area contributed by atoms with E-state index in [1.54, 1.807) is 6.07 Å². The topological polar surface area (TPSA) is 33.1 Å². The van der Waals surface area contributed by atoms with Crippen molar-refractivity contribution in [3.63, 3.8) is 0 Å². The first kappa shape index (κ1) is 18.1. The number of hydrogen-bond donors (Lipinski definition) is 1. The van der Waals surface area contributed by atoms with Gasteiger partial charge >= 0.3 is 0 Å². The highest BCUT2D eigenvalue weighted by atomic mass is 35.5. The highest BCUT2D eigenvalue weighted by Crippen LogP contribution is 2.37. The zero-order valence-corrected chi connectivity index (χ0v) is 16.8. The summed E-state index contributed by atoms with van der Waals surface area (Å²) in [5.41, 5.74) is 3.61. The molecule has 0 unspecified atom stereocenters. The van der Waals surface area contributed by atoms with E-state index in [1.807, 2.05) is 16.8 Å². The Morgan fingerprint density at radius 2 is 1.85 bits per heavy atom. The van der Waals surface area contributed by atoms with E-state index in [9.17, 15) is 0 Å². The highest BCUT2D eigenvalue weighted by molar-refractivity contribution is 6.34. The fourth-order valence-corrected chi connectivity index (χ4v) is 4.74. The molecule has 2 aliphatic heterocycles. The fourth-order valence-electron chi connectivity index (χ4n) is 4.23. The highest BCUT2D eigenvalue weighted by Gasteiger charge is 2.28. The Hall–Kier alpha value is -1.23. The van der Waals surface area contributed by atoms with Gasteiger partial charge in [-0.3, -0.25) is 0 Å². The van der Waals surface area contributed by atoms with E-state index >= 15 is 0 Å². The molecule has 0 spiro atoms. The number of aromatic nitrogens is 2. The maximum absolute atomic E-state index is 6.25. The Morgan fingerprint density at radius 1 is 1.12 bits per heavy atom. The summed E-state index contributed by atoms with van der Waals surface area (Å²) < 4.78 is 2.03. The molecule has 0 bridgehead atoms. The number of rotatable bonds is 3. The number of nitrogens with zero attached hydrogens (tertiary/aromatic N) is 3. The van der Waals surface area contributed by atoms with Crippen molar-refractivity contribution >= 4 is 29.0 Å². The Morgan fingerprint density at radius 3 is 2.54 bits per heavy atom. The Labute approximate surface area is 165 Å². The SMILES string of the molecule is CCN1CCC(c2nn(-c3cc(Cl)cc(Cl)c3)c3c2CCCCN3)CC1. The summed E-state index contributed by atoms with van der Waals surface area (Å²) in [6.07, 6.45) is 5.88. The van der Waals surface area contributed by atoms with Crippen molar-refractivity contribution in [3.8, 4) is 5.69 Å². The molecule has 4 rings (SSSR count). The van der Waals surface area contributed by atoms with Crippen molar-refractivity contribution in [1.29, 1.82) is 0 Å². The molecule has 1 N–H and O–H groups in total. The lowest BCUT2D eigenvalue weighted by atomic mass is 9.90. The van der Waals surface area contributed by atoms with Crippen molar-refractivity contribution in [1.82, 2.24) is 14.7 Å². The van der Waals surface area contributed by atoms with Crippen LogP contribution in [0, 0.1) is 0 Å². The molecule has 0 atom stereocenters. The van der Waals surface area contributed by atoms with Crippen LogP contribution in [0.15, 0.2) is 18.2 Å². The van der Waals surface area contributed by atoms with Crippen LogP contribution in [0.1, 0.15) is 49.8 Å². The third-order valence-electron chi connectivity index (χ3n) is 5.67. The Kier molecular flexibility index (Phi) is 5.44. The normalized spacial score (nSPS) is 19.0. The average Bonchev–Trinajstić information content (AvgIpc) is 2.82. The van der Waals surface area contributed by atoms with E-state index < -0.39 is 0 Å². The molecule has 140 valence electrons. The molecule has 0 saturated carbocycles. The molecule has 0 amide bonds. The van der Waals surface area contributed by atoms with Gasteiger partial charge in [0.05, 0.1) is 11.4 Å². The van der Waals surface area contributed by atoms with Gasteiger partial charge < -0.3 is 10.2 Å². The van der Waals surface area contributed by atoms with Gasteiger partial charge in [0.25, 0.3) is 0 Å². The third kappa shape index (κ3) is 3.60. The average molecular weight is 393 g/mol. The molecule has 1 aromatic carbocycles. The molecule has 6 heteroatoms. The number of likely N-dealkylation sites (tertiary alicyclic amines) is 1. The van der Waals surface area contributed by atoms with Gasteiger partial charge in [0.1, 0.15) is 5.82 Å². The van der Waals surface area contributed by atoms with Gasteiger partial charge in [-0.25, -0.2) is 4.68 Å². The van der Waals surface area contributed by atoms with Crippen molar-refractivity contribution in [2.24, 2.45) is 0 Å². The van der Waals surface area contributed by atoms with Gasteiger partial charge in [-0.05, 0) is 69.9 Å². The minimum absolute atomic E-state index is 0.544. The Balaban J connectivity index is 1.74. The predicted molar refractivity (Wildman–Crippen MR) is 109 cm³/mol. The van der Waals surface area contributed by atoms with Gasteiger partial charge in [0.15, 0.2) is 0 Å². The zero-order valence-electron chi connectivity index (χ0n) is 15.3. The fraction of sp³-hybridized carbons (Fsp3) is 0.550. The summed E-state index contributed by atoms with van der Waals surface area (Å²) in [7, 11) is 0. The summed E-state index contributed by atoms with van der Waals surface area (Å²) >= 11 is 12.5. The van der Waals surface area contributed by atoms with Crippen LogP contribution in [-0.4, -0.2) is 40.9 Å². The van der Waals surface area contributed by atoms with Gasteiger partial charge in [0, 0.05) is 28.1 Å². The summed E-state index contributed by atoms with van der Waals surface area (Å²) in [6.45, 7) is 6.70. The number of halogens is 2. The van der Waals surface area contributed by atoms with Crippen LogP contribution >= 0.6 is 23.2 Å². The first-order chi connectivity index (χ1) is 12.7. The molecule has 2 aromatic rings. The molecular formula is C20H26Cl2N4. The summed E-state index contributed by atoms with van der Waals surface area (Å²) in [5.74, 6) is 1.68. The van der Waals surface area contributed by atoms with E-state index in [0.717, 1.165) is 31.0 Å². The molecule has 1 saturated heterocycles. The number of hydrogen-bond acceptors (Lipinski definition) is 3. The number of piperidine rings is 1. The van der Waals surface area contributed by atoms with E-state index in [1.165, 1.54) is 50.0 Å². The second-order valence-electron chi connectivity index (χ2n) is 7.34. The van der Waals surface area contributed by atoms with Crippen molar-refractivity contribution in [2.45, 2.75) is 44.9 Å². The maximum Gasteiger partial charge on any atom is 0.133 e. The van der Waals surface area contributed by atoms with E-state index in [-0.39, 0.29) is 0 Å². The molecule has 4 nitrogen and oxygen atoms in total. The molecule has 2 aliphatic rings. The van der Waals surface area contributed by atoms with Gasteiger partial charge in [-0.1, -0.05) is 30.1 Å². The minimum atomic E-state index is 0.544. The maximum atomic E-state index is 6.25. The first-order valence-corrected chi connectivity index (χ1v) is 10.5. The van der Waals surface area contributed by atoms with Crippen LogP contribution < -0.4 is 5.32 Å². The third-order valence-corrected chi connectivity index (χ3v) is 6.11. The Bertz CT molecular complexity index is 758. The van der Waals surface area contributed by atoms with Crippen LogP contribution in [0.4, 0.5) is 5.82 Å². The number of benzene rings is 1. The quantitative estimate of drug-likeness (QED) is 0.785. The van der Waals surface area contributed by atoms with Crippen molar-refractivity contribution in [2.75, 3.05) is 31.5 Å². The summed E-state index contributed by atoms with van der Waals surface area (Å²) in [4.78, 5) is 2.53. The smallest absolute Gasteiger partial charge is 0.133 e. The van der Waals surface area contributed by atoms with Crippen molar-refractivity contribution < 1.29 is 0 Å². The number of nitrogens with one attached hydrogen (secondary N) is 1. The second-order valence-corrected chi connectivity index (χ2v) is 8.22. The van der Waals surface area contributed by atoms with E-state index in [2.05, 4.69) is 17.1 Å². The molecule has 26 heavy (non-hydrogen) atoms. The summed E-state index contributed by atoms with van der Waals surface area (Å²) in [6, 6.07) is 5.65. The second kappa shape index (κ2) is 7.79. The molecule has 1 fully saturated rings. The van der Waals surface area contributed by atoms with Gasteiger partial charge in [-0.15, -0.1) is 0 Å². The van der Waals surface area contributed by atoms with Gasteiger partial charge in [0.2, 0.25) is 0 Å². The number of anilines is 1. The van der Waals surface area contributed by atoms with Gasteiger partial charge in [-0.2, -0.15) is 5.10 Å². The van der Waals surface area contributed by atoms with Crippen LogP contribution in [0.3, 0.4) is 0 Å². The predicted octanol–water partition coefficient (Wildman–Crippen LogP) is 5.13. The molecule has 1 aromatic heterocycles. The zero-order chi connectivity index (χ0) is 18.1. The van der Waals surface area contributed by atoms with E-state index in [0.29, 0.717) is 16.0 Å². The molecule has 0 radical (unpaired) electrons. The van der Waals surface area contributed by atoms with Crippen LogP contribution in [0.25, 0.3) is 5.69 Å². The largest absolute Gasteiger partial charge is 0.370 e. The lowest BCUT2D eigenvalue weighted by molar-refractivity contribution is 0.220. The van der Waals surface area contributed by atoms with Crippen molar-refractivity contribution in [3.05, 3.63) is 39.5 Å². The van der Waals surface area contributed by atoms with E-state index in [4.69, 9.17) is 28.3 Å². The number of fused-ring (bicyclic) bond motifs is 1. The van der Waals surface area contributed by atoms with Crippen LogP contribution in [0.2, 0.25) is 10.0 Å². The summed E-state index contributed by atoms with van der Waals surface area (Å²) in [5, 5.41) is 9.98. The lowest BCUT2D eigenvalue weighted by Gasteiger charge is -2.30. The standard InChI is InChI=1S/C20H26Cl2N4/c1-2-25-9-6-14(7-10-25)19-18-5-3-4-8-23-20(18)26(24-19)17-12-15(21)11-16(22)13-17/h11-14,23H,2-10H2,1H3. The first-order valence-electron chi connectivity index (χ1n) is 9.70. The van der Waals surface area contributed by atoms with Crippen LogP contribution in [-0.2, 0) is 6.42 Å². The van der Waals surface area contributed by atoms with Crippen LogP contribution in [0.5, 0.6) is 0 Å².